The lowest BCUT2D eigenvalue weighted by atomic mass is 10.1. The molecule has 0 radical (unpaired) electrons. The molecule has 1 atom stereocenters. The fourth-order valence-electron chi connectivity index (χ4n) is 2.46. The number of rotatable bonds is 4. The normalized spacial score (nSPS) is 17.3. The van der Waals surface area contributed by atoms with Crippen LogP contribution in [-0.4, -0.2) is 26.2 Å². The molecule has 0 amide bonds. The fourth-order valence-corrected chi connectivity index (χ4v) is 3.48. The molecule has 0 N–H and O–H groups in total. The van der Waals surface area contributed by atoms with Crippen molar-refractivity contribution in [2.75, 3.05) is 18.6 Å². The van der Waals surface area contributed by atoms with Gasteiger partial charge in [-0.25, -0.2) is 4.99 Å². The van der Waals surface area contributed by atoms with Crippen molar-refractivity contribution in [3.8, 4) is 0 Å². The van der Waals surface area contributed by atoms with Gasteiger partial charge in [0.05, 0.1) is 0 Å². The van der Waals surface area contributed by atoms with E-state index in [2.05, 4.69) is 47.1 Å². The standard InChI is InChI=1S/C16H18N2OS/c1-12-10-14-11-17-16(19-2)18(15(14)20-12)9-8-13-6-4-3-5-7-13/h3-7,10-11,16H,8-9H2,1-2H3. The Balaban J connectivity index is 1.80. The van der Waals surface area contributed by atoms with E-state index in [1.165, 1.54) is 21.0 Å². The van der Waals surface area contributed by atoms with E-state index in [0.29, 0.717) is 0 Å². The van der Waals surface area contributed by atoms with Crippen LogP contribution < -0.4 is 4.90 Å². The Kier molecular flexibility index (Phi) is 3.85. The van der Waals surface area contributed by atoms with Crippen LogP contribution in [0.3, 0.4) is 0 Å². The SMILES string of the molecule is COC1N=Cc2cc(C)sc2N1CCc1ccccc1. The molecule has 2 heterocycles. The van der Waals surface area contributed by atoms with Gasteiger partial charge in [-0.2, -0.15) is 0 Å². The van der Waals surface area contributed by atoms with Crippen LogP contribution in [0.15, 0.2) is 41.4 Å². The van der Waals surface area contributed by atoms with Crippen molar-refractivity contribution in [2.45, 2.75) is 19.7 Å². The van der Waals surface area contributed by atoms with Crippen molar-refractivity contribution in [3.63, 3.8) is 0 Å². The summed E-state index contributed by atoms with van der Waals surface area (Å²) in [6, 6.07) is 12.7. The Labute approximate surface area is 123 Å². The van der Waals surface area contributed by atoms with Crippen LogP contribution in [0, 0.1) is 6.92 Å². The van der Waals surface area contributed by atoms with Gasteiger partial charge >= 0.3 is 0 Å². The zero-order valence-corrected chi connectivity index (χ0v) is 12.6. The van der Waals surface area contributed by atoms with Gasteiger partial charge in [0.25, 0.3) is 0 Å². The maximum atomic E-state index is 5.49. The molecule has 0 saturated carbocycles. The van der Waals surface area contributed by atoms with E-state index in [-0.39, 0.29) is 6.35 Å². The highest BCUT2D eigenvalue weighted by Gasteiger charge is 2.24. The average Bonchev–Trinajstić information content (AvgIpc) is 2.86. The zero-order chi connectivity index (χ0) is 13.9. The van der Waals surface area contributed by atoms with Gasteiger partial charge in [-0.05, 0) is 25.0 Å². The second-order valence-corrected chi connectivity index (χ2v) is 6.12. The van der Waals surface area contributed by atoms with E-state index < -0.39 is 0 Å². The van der Waals surface area contributed by atoms with Crippen molar-refractivity contribution >= 4 is 22.6 Å². The molecule has 1 aliphatic heterocycles. The predicted molar refractivity (Wildman–Crippen MR) is 84.9 cm³/mol. The quantitative estimate of drug-likeness (QED) is 0.859. The summed E-state index contributed by atoms with van der Waals surface area (Å²) < 4.78 is 5.49. The minimum Gasteiger partial charge on any atom is -0.342 e. The number of fused-ring (bicyclic) bond motifs is 1. The number of thiophene rings is 1. The van der Waals surface area contributed by atoms with Crippen molar-refractivity contribution in [1.29, 1.82) is 0 Å². The third kappa shape index (κ3) is 2.62. The zero-order valence-electron chi connectivity index (χ0n) is 11.7. The third-order valence-electron chi connectivity index (χ3n) is 3.43. The summed E-state index contributed by atoms with van der Waals surface area (Å²) >= 11 is 1.81. The molecular weight excluding hydrogens is 268 g/mol. The molecule has 3 nitrogen and oxygen atoms in total. The predicted octanol–water partition coefficient (Wildman–Crippen LogP) is 3.47. The molecule has 0 spiro atoms. The lowest BCUT2D eigenvalue weighted by Crippen LogP contribution is -2.39. The fraction of sp³-hybridized carbons (Fsp3) is 0.312. The molecule has 104 valence electrons. The molecule has 20 heavy (non-hydrogen) atoms. The van der Waals surface area contributed by atoms with Crippen molar-refractivity contribution in [1.82, 2.24) is 0 Å². The van der Waals surface area contributed by atoms with Crippen molar-refractivity contribution < 1.29 is 4.74 Å². The number of anilines is 1. The number of nitrogens with zero attached hydrogens (tertiary/aromatic N) is 2. The lowest BCUT2D eigenvalue weighted by Gasteiger charge is -2.31. The summed E-state index contributed by atoms with van der Waals surface area (Å²) in [6.45, 7) is 3.04. The third-order valence-corrected chi connectivity index (χ3v) is 4.53. The Hall–Kier alpha value is -1.65. The summed E-state index contributed by atoms with van der Waals surface area (Å²) in [5.74, 6) is 0. The van der Waals surface area contributed by atoms with Crippen LogP contribution in [0.5, 0.6) is 0 Å². The maximum absolute atomic E-state index is 5.49. The topological polar surface area (TPSA) is 24.8 Å². The van der Waals surface area contributed by atoms with Gasteiger partial charge in [-0.15, -0.1) is 11.3 Å². The molecule has 0 aliphatic carbocycles. The highest BCUT2D eigenvalue weighted by molar-refractivity contribution is 7.16. The van der Waals surface area contributed by atoms with Crippen molar-refractivity contribution in [2.24, 2.45) is 4.99 Å². The highest BCUT2D eigenvalue weighted by Crippen LogP contribution is 2.34. The number of ether oxygens (including phenoxy) is 1. The molecule has 1 aliphatic rings. The van der Waals surface area contributed by atoms with E-state index >= 15 is 0 Å². The number of methoxy groups -OCH3 is 1. The van der Waals surface area contributed by atoms with Gasteiger partial charge in [0, 0.05) is 30.3 Å². The van der Waals surface area contributed by atoms with E-state index in [1.54, 1.807) is 7.11 Å². The van der Waals surface area contributed by atoms with Crippen molar-refractivity contribution in [3.05, 3.63) is 52.4 Å². The molecule has 3 rings (SSSR count). The molecule has 0 saturated heterocycles. The van der Waals surface area contributed by atoms with Gasteiger partial charge in [-0.1, -0.05) is 30.3 Å². The van der Waals surface area contributed by atoms with Gasteiger partial charge in [-0.3, -0.25) is 0 Å². The molecule has 2 aromatic rings. The lowest BCUT2D eigenvalue weighted by molar-refractivity contribution is 0.106. The first-order valence-electron chi connectivity index (χ1n) is 6.75. The second kappa shape index (κ2) is 5.77. The Morgan fingerprint density at radius 3 is 2.85 bits per heavy atom. The van der Waals surface area contributed by atoms with Crippen LogP contribution >= 0.6 is 11.3 Å². The first-order valence-corrected chi connectivity index (χ1v) is 7.56. The molecule has 0 bridgehead atoms. The summed E-state index contributed by atoms with van der Waals surface area (Å²) in [4.78, 5) is 8.04. The van der Waals surface area contributed by atoms with E-state index in [4.69, 9.17) is 4.74 Å². The first kappa shape index (κ1) is 13.3. The molecule has 1 unspecified atom stereocenters. The number of aryl methyl sites for hydroxylation is 1. The summed E-state index contributed by atoms with van der Waals surface area (Å²) in [6.07, 6.45) is 2.71. The molecule has 4 heteroatoms. The minimum atomic E-state index is -0.204. The maximum Gasteiger partial charge on any atom is 0.228 e. The summed E-state index contributed by atoms with van der Waals surface area (Å²) in [7, 11) is 1.71. The Morgan fingerprint density at radius 1 is 1.30 bits per heavy atom. The van der Waals surface area contributed by atoms with Crippen LogP contribution in [0.4, 0.5) is 5.00 Å². The monoisotopic (exact) mass is 286 g/mol. The smallest absolute Gasteiger partial charge is 0.228 e. The largest absolute Gasteiger partial charge is 0.342 e. The summed E-state index contributed by atoms with van der Waals surface area (Å²) in [5.41, 5.74) is 2.54. The van der Waals surface area contributed by atoms with Gasteiger partial charge in [0.15, 0.2) is 0 Å². The second-order valence-electron chi connectivity index (χ2n) is 4.89. The van der Waals surface area contributed by atoms with Gasteiger partial charge < -0.3 is 9.64 Å². The number of aliphatic imine (C=N–C) groups is 1. The van der Waals surface area contributed by atoms with E-state index in [1.807, 2.05) is 23.6 Å². The van der Waals surface area contributed by atoms with Crippen LogP contribution in [0.25, 0.3) is 0 Å². The number of hydrogen-bond acceptors (Lipinski definition) is 4. The number of benzene rings is 1. The molecule has 1 aromatic carbocycles. The summed E-state index contributed by atoms with van der Waals surface area (Å²) in [5, 5.41) is 1.26. The van der Waals surface area contributed by atoms with Crippen LogP contribution in [0.2, 0.25) is 0 Å². The minimum absolute atomic E-state index is 0.204. The van der Waals surface area contributed by atoms with Crippen LogP contribution in [0.1, 0.15) is 16.0 Å². The van der Waals surface area contributed by atoms with Crippen LogP contribution in [-0.2, 0) is 11.2 Å². The van der Waals surface area contributed by atoms with Gasteiger partial charge in [0.1, 0.15) is 5.00 Å². The molecule has 1 aromatic heterocycles. The molecular formula is C16H18N2OS. The Morgan fingerprint density at radius 2 is 2.10 bits per heavy atom. The molecule has 0 fully saturated rings. The first-order chi connectivity index (χ1) is 9.78. The number of hydrogen-bond donors (Lipinski definition) is 0. The average molecular weight is 286 g/mol. The van der Waals surface area contributed by atoms with Gasteiger partial charge in [0.2, 0.25) is 6.35 Å². The highest BCUT2D eigenvalue weighted by atomic mass is 32.1. The van der Waals surface area contributed by atoms with E-state index in [0.717, 1.165) is 13.0 Å². The Bertz CT molecular complexity index is 606. The van der Waals surface area contributed by atoms with E-state index in [9.17, 15) is 0 Å².